The zero-order valence-electron chi connectivity index (χ0n) is 44.0. The molecule has 2 heterocycles. The number of nitrogens with two attached hydrogens (primary N) is 2. The molecule has 10 aromatic rings. The molecule has 2 aromatic heterocycles. The number of nitrogens with zero attached hydrogens (tertiary/aromatic N) is 4. The van der Waals surface area contributed by atoms with Crippen molar-refractivity contribution in [3.05, 3.63) is 190 Å². The highest BCUT2D eigenvalue weighted by atomic mass is 35.5. The average Bonchev–Trinajstić information content (AvgIpc) is 3.60. The maximum atomic E-state index is 13.0. The van der Waals surface area contributed by atoms with Gasteiger partial charge in [-0.2, -0.15) is 0 Å². The maximum Gasteiger partial charge on any atom is 0.251 e. The van der Waals surface area contributed by atoms with Gasteiger partial charge < -0.3 is 32.7 Å². The van der Waals surface area contributed by atoms with Gasteiger partial charge in [0.1, 0.15) is 22.1 Å². The van der Waals surface area contributed by atoms with Crippen molar-refractivity contribution in [3.63, 3.8) is 0 Å². The van der Waals surface area contributed by atoms with Crippen molar-refractivity contribution in [2.75, 3.05) is 48.3 Å². The largest absolute Gasteiger partial charge is 0.397 e. The lowest BCUT2D eigenvalue weighted by molar-refractivity contribution is -0.538. The van der Waals surface area contributed by atoms with E-state index in [1.54, 1.807) is 0 Å². The molecule has 0 aliphatic rings. The lowest BCUT2D eigenvalue weighted by atomic mass is 10.0. The third-order valence-electron chi connectivity index (χ3n) is 14.3. The SMILES string of the molecule is Cc1cc2nc3cc(Cl)c(N)cc3[n+](-c3ccccc3)c2cc1NCCCCCCNC(=O)c1ccc(-c2ccc(C(=O)NCCCCCCNc3cc4c(cc3C)nc3cc(Cl)c(N)cc3[n+]4-c3ccccc3)cc2)cc1. The number of unbranched alkanes of at least 4 members (excludes halogenated alkanes) is 6. The number of benzene rings is 8. The van der Waals surface area contributed by atoms with E-state index in [0.29, 0.717) is 45.6 Å². The van der Waals surface area contributed by atoms with Gasteiger partial charge in [-0.05, 0) is 110 Å². The monoisotopic (exact) mass is 1070 g/mol. The molecule has 10 rings (SSSR count). The fourth-order valence-electron chi connectivity index (χ4n) is 10.1. The molecule has 0 unspecified atom stereocenters. The number of halogens is 2. The molecule has 2 amide bonds. The number of nitrogens with one attached hydrogen (secondary N) is 4. The van der Waals surface area contributed by atoms with Gasteiger partial charge in [-0.3, -0.25) is 9.59 Å². The highest BCUT2D eigenvalue weighted by molar-refractivity contribution is 6.34. The van der Waals surface area contributed by atoms with Gasteiger partial charge in [-0.1, -0.05) is 110 Å². The van der Waals surface area contributed by atoms with E-state index in [2.05, 4.69) is 92.8 Å². The second kappa shape index (κ2) is 24.3. The number of fused-ring (bicyclic) bond motifs is 4. The first-order chi connectivity index (χ1) is 38.0. The number of anilines is 4. The van der Waals surface area contributed by atoms with Crippen molar-refractivity contribution in [3.8, 4) is 22.5 Å². The summed E-state index contributed by atoms with van der Waals surface area (Å²) in [4.78, 5) is 36.0. The van der Waals surface area contributed by atoms with Crippen LogP contribution in [-0.2, 0) is 0 Å². The average molecular weight is 1080 g/mol. The molecule has 0 aliphatic carbocycles. The van der Waals surface area contributed by atoms with Gasteiger partial charge in [0, 0.05) is 97.2 Å². The van der Waals surface area contributed by atoms with Crippen LogP contribution in [0.15, 0.2) is 158 Å². The fourth-order valence-corrected chi connectivity index (χ4v) is 10.4. The first kappa shape index (κ1) is 53.1. The van der Waals surface area contributed by atoms with E-state index in [-0.39, 0.29) is 11.8 Å². The van der Waals surface area contributed by atoms with E-state index in [4.69, 9.17) is 44.6 Å². The molecule has 0 spiro atoms. The summed E-state index contributed by atoms with van der Waals surface area (Å²) in [6, 6.07) is 51.7. The van der Waals surface area contributed by atoms with E-state index in [0.717, 1.165) is 154 Å². The Hall–Kier alpha value is -8.32. The normalized spacial score (nSPS) is 11.4. The number of aromatic nitrogens is 4. The van der Waals surface area contributed by atoms with Gasteiger partial charge in [-0.25, -0.2) is 9.97 Å². The summed E-state index contributed by atoms with van der Waals surface area (Å²) in [5.41, 5.74) is 30.2. The van der Waals surface area contributed by atoms with Crippen LogP contribution in [0.3, 0.4) is 0 Å². The van der Waals surface area contributed by atoms with Crippen LogP contribution in [-0.4, -0.2) is 48.0 Å². The highest BCUT2D eigenvalue weighted by Gasteiger charge is 2.24. The predicted molar refractivity (Wildman–Crippen MR) is 320 cm³/mol. The number of amides is 2. The Kier molecular flexibility index (Phi) is 16.6. The van der Waals surface area contributed by atoms with Crippen LogP contribution in [0.1, 0.15) is 83.2 Å². The Balaban J connectivity index is 0.622. The fraction of sp³-hybridized carbons (Fsp3) is 0.219. The summed E-state index contributed by atoms with van der Waals surface area (Å²) >= 11 is 12.8. The van der Waals surface area contributed by atoms with E-state index in [1.807, 2.05) is 109 Å². The van der Waals surface area contributed by atoms with Crippen LogP contribution < -0.4 is 41.9 Å². The minimum atomic E-state index is -0.0849. The second-order valence-electron chi connectivity index (χ2n) is 20.0. The zero-order valence-corrected chi connectivity index (χ0v) is 45.5. The second-order valence-corrected chi connectivity index (χ2v) is 20.8. The number of carbonyl (C=O) groups excluding carboxylic acids is 2. The van der Waals surface area contributed by atoms with Crippen molar-refractivity contribution in [2.45, 2.75) is 65.2 Å². The number of aryl methyl sites for hydroxylation is 2. The van der Waals surface area contributed by atoms with Crippen molar-refractivity contribution in [1.82, 2.24) is 20.6 Å². The molecule has 394 valence electrons. The van der Waals surface area contributed by atoms with Crippen LogP contribution in [0, 0.1) is 13.8 Å². The molecular formula is C64H64Cl2N10O2+2. The minimum Gasteiger partial charge on any atom is -0.397 e. The lowest BCUT2D eigenvalue weighted by Gasteiger charge is -2.12. The van der Waals surface area contributed by atoms with Crippen LogP contribution in [0.4, 0.5) is 22.7 Å². The maximum absolute atomic E-state index is 13.0. The standard InChI is InChI=1S/C64H62Cl2N10O2/c1-41-33-55-61(75(47-17-9-7-10-18-47)59-37-51(67)49(65)35-57(59)73-55)39-53(41)69-29-13-3-5-15-31-71-63(77)45-25-21-43(22-26-45)44-23-27-46(28-24-44)64(78)72-32-16-6-4-14-30-70-54-40-62-56(34-42(54)2)74-58-36-50(66)52(68)38-60(58)76(62)48-19-11-8-12-20-48/h7-12,17-28,33-40H,3-6,13-16,29-32H2,1-2H3,(H6,67,68,69,70,71,72,77,78)/p+2. The molecule has 78 heavy (non-hydrogen) atoms. The molecule has 0 fully saturated rings. The summed E-state index contributed by atoms with van der Waals surface area (Å²) in [5, 5.41) is 14.5. The van der Waals surface area contributed by atoms with Crippen LogP contribution in [0.5, 0.6) is 0 Å². The Bertz CT molecular complexity index is 3550. The summed E-state index contributed by atoms with van der Waals surface area (Å²) in [5.74, 6) is -0.170. The number of para-hydroxylation sites is 2. The van der Waals surface area contributed by atoms with Gasteiger partial charge in [0.05, 0.1) is 21.4 Å². The third kappa shape index (κ3) is 12.1. The Morgan fingerprint density at radius 3 is 1.17 bits per heavy atom. The van der Waals surface area contributed by atoms with E-state index < -0.39 is 0 Å². The zero-order chi connectivity index (χ0) is 54.1. The predicted octanol–water partition coefficient (Wildman–Crippen LogP) is 13.2. The van der Waals surface area contributed by atoms with E-state index >= 15 is 0 Å². The number of hydrogen-bond donors (Lipinski definition) is 6. The van der Waals surface area contributed by atoms with Crippen molar-refractivity contribution in [2.24, 2.45) is 0 Å². The smallest absolute Gasteiger partial charge is 0.251 e. The quantitative estimate of drug-likeness (QED) is 0.0179. The van der Waals surface area contributed by atoms with E-state index in [9.17, 15) is 9.59 Å². The lowest BCUT2D eigenvalue weighted by Crippen LogP contribution is -2.33. The van der Waals surface area contributed by atoms with Gasteiger partial charge in [0.25, 0.3) is 11.8 Å². The molecule has 0 bridgehead atoms. The Morgan fingerprint density at radius 1 is 0.436 bits per heavy atom. The number of carbonyl (C=O) groups is 2. The first-order valence-corrected chi connectivity index (χ1v) is 27.6. The molecule has 0 saturated heterocycles. The molecule has 0 saturated carbocycles. The van der Waals surface area contributed by atoms with E-state index in [1.165, 1.54) is 0 Å². The molecule has 0 radical (unpaired) electrons. The van der Waals surface area contributed by atoms with Crippen molar-refractivity contribution < 1.29 is 18.7 Å². The van der Waals surface area contributed by atoms with Gasteiger partial charge in [-0.15, -0.1) is 9.13 Å². The number of hydrogen-bond acceptors (Lipinski definition) is 8. The van der Waals surface area contributed by atoms with Crippen molar-refractivity contribution in [1.29, 1.82) is 0 Å². The Labute approximate surface area is 464 Å². The molecule has 14 heteroatoms. The third-order valence-corrected chi connectivity index (χ3v) is 15.0. The van der Waals surface area contributed by atoms with Crippen LogP contribution >= 0.6 is 23.2 Å². The van der Waals surface area contributed by atoms with Gasteiger partial charge >= 0.3 is 0 Å². The molecule has 8 N–H and O–H groups in total. The summed E-state index contributed by atoms with van der Waals surface area (Å²) in [6.45, 7) is 7.08. The highest BCUT2D eigenvalue weighted by Crippen LogP contribution is 2.31. The van der Waals surface area contributed by atoms with Crippen LogP contribution in [0.2, 0.25) is 10.0 Å². The number of nitrogen functional groups attached to an aromatic ring is 2. The number of rotatable bonds is 21. The molecule has 0 aliphatic heterocycles. The van der Waals surface area contributed by atoms with Gasteiger partial charge in [0.15, 0.2) is 0 Å². The Morgan fingerprint density at radius 2 is 0.782 bits per heavy atom. The van der Waals surface area contributed by atoms with Crippen molar-refractivity contribution >= 4 is 102 Å². The minimum absolute atomic E-state index is 0.0849. The summed E-state index contributed by atoms with van der Waals surface area (Å²) in [7, 11) is 0. The summed E-state index contributed by atoms with van der Waals surface area (Å²) < 4.78 is 4.38. The topological polar surface area (TPSA) is 168 Å². The van der Waals surface area contributed by atoms with Gasteiger partial charge in [0.2, 0.25) is 33.4 Å². The van der Waals surface area contributed by atoms with Crippen LogP contribution in [0.25, 0.3) is 66.6 Å². The molecule has 12 nitrogen and oxygen atoms in total. The molecular weight excluding hydrogens is 1010 g/mol. The summed E-state index contributed by atoms with van der Waals surface area (Å²) in [6.07, 6.45) is 7.89. The molecule has 0 atom stereocenters. The molecule has 8 aromatic carbocycles. The first-order valence-electron chi connectivity index (χ1n) is 26.8.